The smallest absolute Gasteiger partial charge is 0.183 e. The van der Waals surface area contributed by atoms with Gasteiger partial charge in [0.2, 0.25) is 0 Å². The summed E-state index contributed by atoms with van der Waals surface area (Å²) in [4.78, 5) is 2.35. The molecule has 20 heavy (non-hydrogen) atoms. The van der Waals surface area contributed by atoms with Crippen molar-refractivity contribution in [3.8, 4) is 0 Å². The Hall–Kier alpha value is 0.0249. The van der Waals surface area contributed by atoms with Crippen LogP contribution < -0.4 is 0 Å². The van der Waals surface area contributed by atoms with Crippen LogP contribution in [0, 0.1) is 11.8 Å². The van der Waals surface area contributed by atoms with Gasteiger partial charge in [-0.25, -0.2) is 0 Å². The number of rotatable bonds is 0. The first-order valence-corrected chi connectivity index (χ1v) is 9.41. The fourth-order valence-electron chi connectivity index (χ4n) is 5.33. The van der Waals surface area contributed by atoms with E-state index in [1.165, 1.54) is 89.9 Å². The van der Waals surface area contributed by atoms with Gasteiger partial charge in [0, 0.05) is 12.1 Å². The Morgan fingerprint density at radius 1 is 0.500 bits per heavy atom. The summed E-state index contributed by atoms with van der Waals surface area (Å²) in [6, 6.07) is 1.42. The molecule has 2 heteroatoms. The highest BCUT2D eigenvalue weighted by atomic mass is 15.1. The highest BCUT2D eigenvalue weighted by Gasteiger charge is 2.44. The highest BCUT2D eigenvalue weighted by Crippen LogP contribution is 2.45. The molecule has 0 aromatic heterocycles. The van der Waals surface area contributed by atoms with Crippen LogP contribution in [0.15, 0.2) is 0 Å². The van der Waals surface area contributed by atoms with Crippen molar-refractivity contribution in [2.45, 2.75) is 102 Å². The van der Waals surface area contributed by atoms with Gasteiger partial charge in [-0.2, -0.15) is 0 Å². The largest absolute Gasteiger partial charge is 0.348 e. The van der Waals surface area contributed by atoms with Crippen LogP contribution in [0.25, 0.3) is 0 Å². The molecule has 1 aliphatic heterocycles. The average molecular weight is 273 g/mol. The molecule has 112 valence electrons. The molecule has 0 N–H and O–H groups in total. The van der Waals surface area contributed by atoms with E-state index in [1.54, 1.807) is 0 Å². The maximum atomic E-state index is 6.62. The SMILES string of the molecule is [B]N1C2CCCCCCCC2C2CCCCCCCC21. The lowest BCUT2D eigenvalue weighted by Crippen LogP contribution is -2.36. The first-order valence-electron chi connectivity index (χ1n) is 9.41. The lowest BCUT2D eigenvalue weighted by atomic mass is 9.79. The maximum Gasteiger partial charge on any atom is 0.183 e. The van der Waals surface area contributed by atoms with Crippen molar-refractivity contribution in [1.29, 1.82) is 0 Å². The first-order chi connectivity index (χ1) is 9.88. The van der Waals surface area contributed by atoms with Gasteiger partial charge in [-0.1, -0.05) is 64.2 Å². The monoisotopic (exact) mass is 273 g/mol. The number of hydrogen-bond acceptors (Lipinski definition) is 1. The summed E-state index contributed by atoms with van der Waals surface area (Å²) in [7, 11) is 6.62. The number of fused-ring (bicyclic) bond motifs is 3. The molecule has 0 aromatic rings. The van der Waals surface area contributed by atoms with E-state index < -0.39 is 0 Å². The fraction of sp³-hybridized carbons (Fsp3) is 1.00. The van der Waals surface area contributed by atoms with Gasteiger partial charge in [0.1, 0.15) is 0 Å². The Morgan fingerprint density at radius 2 is 0.850 bits per heavy atom. The quantitative estimate of drug-likeness (QED) is 0.571. The molecular formula is C18H32BN. The zero-order valence-corrected chi connectivity index (χ0v) is 13.2. The van der Waals surface area contributed by atoms with Gasteiger partial charge in [0.15, 0.2) is 7.98 Å². The maximum absolute atomic E-state index is 6.62. The van der Waals surface area contributed by atoms with Crippen molar-refractivity contribution in [3.05, 3.63) is 0 Å². The van der Waals surface area contributed by atoms with E-state index in [9.17, 15) is 0 Å². The lowest BCUT2D eigenvalue weighted by Gasteiger charge is -2.28. The first kappa shape index (κ1) is 14.9. The molecule has 4 atom stereocenters. The molecule has 1 nitrogen and oxygen atoms in total. The van der Waals surface area contributed by atoms with Gasteiger partial charge < -0.3 is 4.81 Å². The Morgan fingerprint density at radius 3 is 1.30 bits per heavy atom. The predicted octanol–water partition coefficient (Wildman–Crippen LogP) is 4.84. The summed E-state index contributed by atoms with van der Waals surface area (Å²) in [5.41, 5.74) is 0. The third kappa shape index (κ3) is 3.26. The van der Waals surface area contributed by atoms with Crippen LogP contribution >= 0.6 is 0 Å². The minimum atomic E-state index is 0.711. The summed E-state index contributed by atoms with van der Waals surface area (Å²) in [6.45, 7) is 0. The van der Waals surface area contributed by atoms with Crippen LogP contribution in [0.4, 0.5) is 0 Å². The normalized spacial score (nSPS) is 41.2. The van der Waals surface area contributed by atoms with Crippen molar-refractivity contribution in [3.63, 3.8) is 0 Å². The molecule has 0 bridgehead atoms. The van der Waals surface area contributed by atoms with Crippen LogP contribution in [-0.2, 0) is 0 Å². The van der Waals surface area contributed by atoms with Crippen LogP contribution in [0.5, 0.6) is 0 Å². The Bertz CT molecular complexity index is 265. The van der Waals surface area contributed by atoms with E-state index in [2.05, 4.69) is 4.81 Å². The van der Waals surface area contributed by atoms with Crippen LogP contribution in [0.1, 0.15) is 89.9 Å². The zero-order valence-electron chi connectivity index (χ0n) is 13.2. The van der Waals surface area contributed by atoms with Crippen LogP contribution in [0.3, 0.4) is 0 Å². The summed E-state index contributed by atoms with van der Waals surface area (Å²) < 4.78 is 0. The van der Waals surface area contributed by atoms with Crippen molar-refractivity contribution >= 4 is 7.98 Å². The summed E-state index contributed by atoms with van der Waals surface area (Å²) in [5.74, 6) is 1.84. The number of nitrogens with zero attached hydrogens (tertiary/aromatic N) is 1. The highest BCUT2D eigenvalue weighted by molar-refractivity contribution is 6.05. The summed E-state index contributed by atoms with van der Waals surface area (Å²) >= 11 is 0. The topological polar surface area (TPSA) is 3.24 Å². The van der Waals surface area contributed by atoms with Gasteiger partial charge in [-0.05, 0) is 37.5 Å². The van der Waals surface area contributed by atoms with Crippen molar-refractivity contribution in [2.24, 2.45) is 11.8 Å². The van der Waals surface area contributed by atoms with Crippen LogP contribution in [0.2, 0.25) is 0 Å². The second kappa shape index (κ2) is 7.34. The van der Waals surface area contributed by atoms with Gasteiger partial charge >= 0.3 is 0 Å². The molecule has 0 amide bonds. The number of hydrogen-bond donors (Lipinski definition) is 0. The zero-order chi connectivity index (χ0) is 13.8. The van der Waals surface area contributed by atoms with Crippen molar-refractivity contribution in [1.82, 2.24) is 4.81 Å². The van der Waals surface area contributed by atoms with Crippen molar-refractivity contribution < 1.29 is 0 Å². The molecular weight excluding hydrogens is 241 g/mol. The summed E-state index contributed by atoms with van der Waals surface area (Å²) in [6.07, 6.45) is 20.1. The van der Waals surface area contributed by atoms with Crippen molar-refractivity contribution in [2.75, 3.05) is 0 Å². The van der Waals surface area contributed by atoms with Gasteiger partial charge in [-0.15, -0.1) is 0 Å². The molecule has 2 saturated carbocycles. The molecule has 3 rings (SSSR count). The second-order valence-electron chi connectivity index (χ2n) is 7.60. The van der Waals surface area contributed by atoms with Crippen LogP contribution in [-0.4, -0.2) is 24.9 Å². The lowest BCUT2D eigenvalue weighted by molar-refractivity contribution is 0.279. The molecule has 0 aromatic carbocycles. The van der Waals surface area contributed by atoms with Gasteiger partial charge in [0.25, 0.3) is 0 Å². The Kier molecular flexibility index (Phi) is 5.48. The van der Waals surface area contributed by atoms with E-state index in [4.69, 9.17) is 7.98 Å². The van der Waals surface area contributed by atoms with E-state index in [-0.39, 0.29) is 0 Å². The average Bonchev–Trinajstić information content (AvgIpc) is 2.81. The molecule has 3 aliphatic rings. The van der Waals surface area contributed by atoms with Gasteiger partial charge in [0.05, 0.1) is 0 Å². The van der Waals surface area contributed by atoms with Gasteiger partial charge in [-0.3, -0.25) is 0 Å². The third-order valence-corrected chi connectivity index (χ3v) is 6.38. The Balaban J connectivity index is 1.74. The van der Waals surface area contributed by atoms with E-state index in [0.29, 0.717) is 12.1 Å². The fourth-order valence-corrected chi connectivity index (χ4v) is 5.33. The molecule has 3 fully saturated rings. The minimum Gasteiger partial charge on any atom is -0.348 e. The molecule has 2 radical (unpaired) electrons. The van der Waals surface area contributed by atoms with E-state index in [1.807, 2.05) is 0 Å². The standard InChI is InChI=1S/C18H32BN/c19-20-17-13-9-5-1-3-7-11-15(17)16-12-8-4-2-6-10-14-18(16)20/h15-18H,1-14H2. The third-order valence-electron chi connectivity index (χ3n) is 6.38. The van der Waals surface area contributed by atoms with E-state index in [0.717, 1.165) is 11.8 Å². The second-order valence-corrected chi connectivity index (χ2v) is 7.60. The minimum absolute atomic E-state index is 0.711. The molecule has 0 spiro atoms. The van der Waals surface area contributed by atoms with E-state index >= 15 is 0 Å². The molecule has 4 unspecified atom stereocenters. The molecule has 1 saturated heterocycles. The Labute approximate surface area is 127 Å². The molecule has 2 aliphatic carbocycles. The molecule has 1 heterocycles. The predicted molar refractivity (Wildman–Crippen MR) is 86.8 cm³/mol. The summed E-state index contributed by atoms with van der Waals surface area (Å²) in [5, 5.41) is 0.